The highest BCUT2D eigenvalue weighted by atomic mass is 127. The second-order valence-corrected chi connectivity index (χ2v) is 5.87. The third-order valence-corrected chi connectivity index (χ3v) is 3.88. The lowest BCUT2D eigenvalue weighted by Crippen LogP contribution is -2.38. The van der Waals surface area contributed by atoms with Gasteiger partial charge in [-0.25, -0.2) is 0 Å². The Morgan fingerprint density at radius 1 is 1.27 bits per heavy atom. The van der Waals surface area contributed by atoms with Crippen molar-refractivity contribution in [1.82, 2.24) is 25.2 Å². The van der Waals surface area contributed by atoms with Crippen molar-refractivity contribution in [3.8, 4) is 0 Å². The van der Waals surface area contributed by atoms with E-state index in [4.69, 9.17) is 4.42 Å². The number of aliphatic imine (C=N–C) groups is 1. The number of guanidine groups is 1. The summed E-state index contributed by atoms with van der Waals surface area (Å²) in [4.78, 5) is 4.64. The van der Waals surface area contributed by atoms with Crippen LogP contribution in [0, 0.1) is 6.92 Å². The molecule has 7 nitrogen and oxygen atoms in total. The third kappa shape index (κ3) is 4.96. The fraction of sp³-hybridized carbons (Fsp3) is 0.389. The largest absolute Gasteiger partial charge is 0.464 e. The molecule has 0 radical (unpaired) electrons. The van der Waals surface area contributed by atoms with Gasteiger partial charge in [0.2, 0.25) is 0 Å². The molecule has 0 aromatic carbocycles. The normalized spacial score (nSPS) is 12.7. The van der Waals surface area contributed by atoms with Crippen LogP contribution >= 0.6 is 24.0 Å². The van der Waals surface area contributed by atoms with Gasteiger partial charge in [-0.15, -0.1) is 34.2 Å². The van der Waals surface area contributed by atoms with Crippen molar-refractivity contribution in [2.24, 2.45) is 4.99 Å². The van der Waals surface area contributed by atoms with Gasteiger partial charge < -0.3 is 15.1 Å². The zero-order valence-corrected chi connectivity index (χ0v) is 17.6. The molecule has 0 saturated carbocycles. The lowest BCUT2D eigenvalue weighted by molar-refractivity contribution is 0.441. The summed E-state index contributed by atoms with van der Waals surface area (Å²) in [6.07, 6.45) is 2.69. The number of hydrogen-bond donors (Lipinski definition) is 2. The minimum atomic E-state index is 0. The molecule has 1 atom stereocenters. The molecule has 8 heteroatoms. The fourth-order valence-corrected chi connectivity index (χ4v) is 2.61. The highest BCUT2D eigenvalue weighted by Crippen LogP contribution is 2.15. The van der Waals surface area contributed by atoms with Gasteiger partial charge in [0.25, 0.3) is 0 Å². The predicted molar refractivity (Wildman–Crippen MR) is 113 cm³/mol. The van der Waals surface area contributed by atoms with Crippen LogP contribution in [0.1, 0.15) is 37.2 Å². The summed E-state index contributed by atoms with van der Waals surface area (Å²) < 4.78 is 7.66. The average Bonchev–Trinajstić information content (AvgIpc) is 3.22. The van der Waals surface area contributed by atoms with Crippen LogP contribution in [0.25, 0.3) is 5.65 Å². The Hall–Kier alpha value is -2.10. The van der Waals surface area contributed by atoms with Crippen molar-refractivity contribution >= 4 is 35.6 Å². The Morgan fingerprint density at radius 3 is 2.85 bits per heavy atom. The van der Waals surface area contributed by atoms with Crippen LogP contribution in [0.4, 0.5) is 0 Å². The fourth-order valence-electron chi connectivity index (χ4n) is 2.61. The maximum atomic E-state index is 5.67. The van der Waals surface area contributed by atoms with Crippen molar-refractivity contribution in [1.29, 1.82) is 0 Å². The van der Waals surface area contributed by atoms with Crippen molar-refractivity contribution in [2.75, 3.05) is 13.1 Å². The van der Waals surface area contributed by atoms with E-state index in [9.17, 15) is 0 Å². The molecule has 0 bridgehead atoms. The highest BCUT2D eigenvalue weighted by molar-refractivity contribution is 14.0. The zero-order valence-electron chi connectivity index (χ0n) is 15.3. The maximum Gasteiger partial charge on any atom is 0.191 e. The molecule has 1 unspecified atom stereocenters. The van der Waals surface area contributed by atoms with E-state index in [-0.39, 0.29) is 30.0 Å². The quantitative estimate of drug-likeness (QED) is 0.330. The standard InChI is InChI=1S/C18H24N6O.HI/c1-4-19-18(21-14(3)15-9-8-13(2)25-15)20-11-10-17-23-22-16-7-5-6-12-24(16)17;/h5-9,12,14H,4,10-11H2,1-3H3,(H2,19,20,21);1H. The topological polar surface area (TPSA) is 79.8 Å². The van der Waals surface area contributed by atoms with Gasteiger partial charge in [0.15, 0.2) is 11.6 Å². The molecular weight excluding hydrogens is 443 g/mol. The maximum absolute atomic E-state index is 5.67. The van der Waals surface area contributed by atoms with Gasteiger partial charge in [-0.2, -0.15) is 0 Å². The Labute approximate surface area is 170 Å². The first-order valence-electron chi connectivity index (χ1n) is 8.57. The van der Waals surface area contributed by atoms with Crippen molar-refractivity contribution in [3.05, 3.63) is 53.9 Å². The summed E-state index contributed by atoms with van der Waals surface area (Å²) in [5.41, 5.74) is 0.855. The van der Waals surface area contributed by atoms with E-state index in [2.05, 4.69) is 32.7 Å². The molecule has 0 spiro atoms. The Kier molecular flexibility index (Phi) is 7.43. The molecule has 3 aromatic heterocycles. The number of furan rings is 1. The van der Waals surface area contributed by atoms with Crippen LogP contribution in [0.15, 0.2) is 45.9 Å². The lowest BCUT2D eigenvalue weighted by Gasteiger charge is -2.16. The average molecular weight is 468 g/mol. The van der Waals surface area contributed by atoms with Gasteiger partial charge in [-0.3, -0.25) is 9.39 Å². The van der Waals surface area contributed by atoms with E-state index >= 15 is 0 Å². The van der Waals surface area contributed by atoms with Gasteiger partial charge in [-0.05, 0) is 45.0 Å². The summed E-state index contributed by atoms with van der Waals surface area (Å²) >= 11 is 0. The lowest BCUT2D eigenvalue weighted by atomic mass is 10.2. The molecule has 0 aliphatic heterocycles. The van der Waals surface area contributed by atoms with Gasteiger partial charge >= 0.3 is 0 Å². The van der Waals surface area contributed by atoms with Gasteiger partial charge in [-0.1, -0.05) is 6.07 Å². The van der Waals surface area contributed by atoms with Crippen LogP contribution in [0.2, 0.25) is 0 Å². The molecule has 0 saturated heterocycles. The number of nitrogens with zero attached hydrogens (tertiary/aromatic N) is 4. The molecule has 140 valence electrons. The molecule has 3 aromatic rings. The number of nitrogens with one attached hydrogen (secondary N) is 2. The van der Waals surface area contributed by atoms with Crippen LogP contribution in [-0.4, -0.2) is 33.6 Å². The molecule has 0 aliphatic carbocycles. The van der Waals surface area contributed by atoms with E-state index in [1.54, 1.807) is 0 Å². The summed E-state index contributed by atoms with van der Waals surface area (Å²) in [5.74, 6) is 3.47. The molecule has 3 heterocycles. The predicted octanol–water partition coefficient (Wildman–Crippen LogP) is 3.11. The summed E-state index contributed by atoms with van der Waals surface area (Å²) in [5, 5.41) is 15.0. The highest BCUT2D eigenvalue weighted by Gasteiger charge is 2.11. The van der Waals surface area contributed by atoms with E-state index in [1.807, 2.05) is 54.8 Å². The van der Waals surface area contributed by atoms with Crippen molar-refractivity contribution in [2.45, 2.75) is 33.2 Å². The van der Waals surface area contributed by atoms with Crippen LogP contribution < -0.4 is 10.6 Å². The Morgan fingerprint density at radius 2 is 2.12 bits per heavy atom. The summed E-state index contributed by atoms with van der Waals surface area (Å²) in [7, 11) is 0. The number of aryl methyl sites for hydroxylation is 1. The number of halogens is 1. The summed E-state index contributed by atoms with van der Waals surface area (Å²) in [6, 6.07) is 9.87. The monoisotopic (exact) mass is 468 g/mol. The van der Waals surface area contributed by atoms with Crippen LogP contribution in [0.5, 0.6) is 0 Å². The molecule has 3 rings (SSSR count). The first kappa shape index (κ1) is 20.2. The first-order chi connectivity index (χ1) is 12.2. The first-order valence-corrected chi connectivity index (χ1v) is 8.57. The van der Waals surface area contributed by atoms with Gasteiger partial charge in [0.05, 0.1) is 6.04 Å². The molecule has 0 fully saturated rings. The molecule has 2 N–H and O–H groups in total. The minimum absolute atomic E-state index is 0. The zero-order chi connectivity index (χ0) is 17.6. The van der Waals surface area contributed by atoms with Crippen molar-refractivity contribution in [3.63, 3.8) is 0 Å². The van der Waals surface area contributed by atoms with E-state index in [0.29, 0.717) is 6.54 Å². The third-order valence-electron chi connectivity index (χ3n) is 3.88. The number of hydrogen-bond acceptors (Lipinski definition) is 4. The van der Waals surface area contributed by atoms with Crippen molar-refractivity contribution < 1.29 is 4.42 Å². The molecule has 0 amide bonds. The van der Waals surface area contributed by atoms with E-state index < -0.39 is 0 Å². The van der Waals surface area contributed by atoms with E-state index in [1.165, 1.54) is 0 Å². The minimum Gasteiger partial charge on any atom is -0.464 e. The second-order valence-electron chi connectivity index (χ2n) is 5.87. The number of pyridine rings is 1. The van der Waals surface area contributed by atoms with Crippen LogP contribution in [0.3, 0.4) is 0 Å². The number of rotatable bonds is 6. The Bertz CT molecular complexity index is 856. The molecular formula is C18H25IN6O. The smallest absolute Gasteiger partial charge is 0.191 e. The summed E-state index contributed by atoms with van der Waals surface area (Å²) in [6.45, 7) is 7.46. The number of aromatic nitrogens is 3. The van der Waals surface area contributed by atoms with E-state index in [0.717, 1.165) is 41.9 Å². The molecule has 26 heavy (non-hydrogen) atoms. The second kappa shape index (κ2) is 9.56. The van der Waals surface area contributed by atoms with Crippen LogP contribution in [-0.2, 0) is 6.42 Å². The molecule has 0 aliphatic rings. The SMILES string of the molecule is CCNC(=NCCc1nnc2ccccn12)NC(C)c1ccc(C)o1.I. The van der Waals surface area contributed by atoms with Gasteiger partial charge in [0, 0.05) is 25.7 Å². The van der Waals surface area contributed by atoms with Gasteiger partial charge in [0.1, 0.15) is 17.3 Å². The Balaban J connectivity index is 0.00000243. The number of fused-ring (bicyclic) bond motifs is 1.